The molecule has 7 nitrogen and oxygen atoms in total. The summed E-state index contributed by atoms with van der Waals surface area (Å²) in [6, 6.07) is 4.67. The summed E-state index contributed by atoms with van der Waals surface area (Å²) in [6.45, 7) is 1.11. The number of hydrogen-bond donors (Lipinski definition) is 0. The Bertz CT molecular complexity index is 746. The number of carbonyl (C=O) groups excluding carboxylic acids is 2. The van der Waals surface area contributed by atoms with E-state index < -0.39 is 16.7 Å². The van der Waals surface area contributed by atoms with Crippen LogP contribution in [0.2, 0.25) is 0 Å². The molecule has 0 N–H and O–H groups in total. The molecule has 0 radical (unpaired) electrons. The summed E-state index contributed by atoms with van der Waals surface area (Å²) in [7, 11) is 0. The van der Waals surface area contributed by atoms with E-state index in [4.69, 9.17) is 0 Å². The number of piperidine rings is 1. The zero-order valence-corrected chi connectivity index (χ0v) is 14.0. The molecule has 3 aliphatic rings. The number of carbonyl (C=O) groups is 2. The molecule has 7 heteroatoms. The van der Waals surface area contributed by atoms with Gasteiger partial charge in [0.25, 0.3) is 17.5 Å². The van der Waals surface area contributed by atoms with Crippen molar-refractivity contribution in [3.8, 4) is 0 Å². The fraction of sp³-hybridized carbons (Fsp3) is 0.556. The Hall–Kier alpha value is -2.28. The Kier molecular flexibility index (Phi) is 4.03. The van der Waals surface area contributed by atoms with Crippen molar-refractivity contribution in [3.63, 3.8) is 0 Å². The van der Waals surface area contributed by atoms with E-state index in [0.717, 1.165) is 19.4 Å². The summed E-state index contributed by atoms with van der Waals surface area (Å²) >= 11 is 0. The van der Waals surface area contributed by atoms with Crippen LogP contribution in [-0.2, 0) is 0 Å². The number of imide groups is 1. The molecular weight excluding hydrogens is 322 g/mol. The van der Waals surface area contributed by atoms with Gasteiger partial charge in [-0.25, -0.2) is 0 Å². The van der Waals surface area contributed by atoms with Crippen molar-refractivity contribution in [2.24, 2.45) is 5.92 Å². The lowest BCUT2D eigenvalue weighted by Crippen LogP contribution is -2.52. The molecule has 2 aliphatic heterocycles. The van der Waals surface area contributed by atoms with Crippen molar-refractivity contribution in [1.82, 2.24) is 9.80 Å². The third kappa shape index (κ3) is 2.63. The number of nitro benzene ring substituents is 1. The topological polar surface area (TPSA) is 83.8 Å². The first-order valence-corrected chi connectivity index (χ1v) is 8.95. The van der Waals surface area contributed by atoms with Crippen molar-refractivity contribution in [2.45, 2.75) is 44.6 Å². The van der Waals surface area contributed by atoms with Crippen LogP contribution < -0.4 is 0 Å². The van der Waals surface area contributed by atoms with Gasteiger partial charge in [-0.3, -0.25) is 29.5 Å². The molecule has 1 saturated heterocycles. The smallest absolute Gasteiger partial charge is 0.282 e. The number of likely N-dealkylation sites (tertiary alicyclic amines) is 1. The number of fused-ring (bicyclic) bond motifs is 2. The third-order valence-corrected chi connectivity index (χ3v) is 5.86. The second-order valence-corrected chi connectivity index (χ2v) is 7.20. The SMILES string of the molecule is O=C1c2cccc([N+](=O)[O-])c2C(=O)N1CN1CCC[C@@H]2CCCC[C@@H]21. The first-order chi connectivity index (χ1) is 12.1. The van der Waals surface area contributed by atoms with Gasteiger partial charge < -0.3 is 0 Å². The van der Waals surface area contributed by atoms with E-state index in [0.29, 0.717) is 12.0 Å². The number of nitro groups is 1. The number of hydrogen-bond acceptors (Lipinski definition) is 5. The average molecular weight is 343 g/mol. The molecule has 25 heavy (non-hydrogen) atoms. The minimum Gasteiger partial charge on any atom is -0.282 e. The second-order valence-electron chi connectivity index (χ2n) is 7.20. The molecule has 2 heterocycles. The average Bonchev–Trinajstić information content (AvgIpc) is 2.87. The quantitative estimate of drug-likeness (QED) is 0.479. The molecule has 0 unspecified atom stereocenters. The lowest BCUT2D eigenvalue weighted by molar-refractivity contribution is -0.385. The molecular formula is C18H21N3O4. The van der Waals surface area contributed by atoms with Crippen molar-refractivity contribution in [2.75, 3.05) is 13.2 Å². The first kappa shape index (κ1) is 16.2. The highest BCUT2D eigenvalue weighted by atomic mass is 16.6. The molecule has 1 aliphatic carbocycles. The highest BCUT2D eigenvalue weighted by molar-refractivity contribution is 6.23. The number of nitrogens with zero attached hydrogens (tertiary/aromatic N) is 3. The number of amides is 2. The normalized spacial score (nSPS) is 26.5. The van der Waals surface area contributed by atoms with Crippen molar-refractivity contribution >= 4 is 17.5 Å². The van der Waals surface area contributed by atoms with E-state index in [9.17, 15) is 19.7 Å². The van der Waals surface area contributed by atoms with Crippen LogP contribution in [0.4, 0.5) is 5.69 Å². The van der Waals surface area contributed by atoms with E-state index >= 15 is 0 Å². The Morgan fingerprint density at radius 2 is 1.84 bits per heavy atom. The van der Waals surface area contributed by atoms with Crippen molar-refractivity contribution in [1.29, 1.82) is 0 Å². The van der Waals surface area contributed by atoms with Crippen LogP contribution in [0, 0.1) is 16.0 Å². The third-order valence-electron chi connectivity index (χ3n) is 5.86. The van der Waals surface area contributed by atoms with E-state index in [-0.39, 0.29) is 23.5 Å². The number of benzene rings is 1. The lowest BCUT2D eigenvalue weighted by Gasteiger charge is -2.45. The zero-order valence-electron chi connectivity index (χ0n) is 14.0. The van der Waals surface area contributed by atoms with Gasteiger partial charge >= 0.3 is 0 Å². The van der Waals surface area contributed by atoms with Crippen LogP contribution >= 0.6 is 0 Å². The maximum absolute atomic E-state index is 12.7. The predicted octanol–water partition coefficient (Wildman–Crippen LogP) is 2.80. The molecule has 0 spiro atoms. The Balaban J connectivity index is 1.60. The standard InChI is InChI=1S/C18H21N3O4/c22-17-13-7-3-9-15(21(24)25)16(13)18(23)20(17)11-19-10-4-6-12-5-1-2-8-14(12)19/h3,7,9,12,14H,1-2,4-6,8,10-11H2/t12-,14-/m0/s1. The fourth-order valence-electron chi connectivity index (χ4n) is 4.68. The van der Waals surface area contributed by atoms with Crippen LogP contribution in [0.3, 0.4) is 0 Å². The Morgan fingerprint density at radius 3 is 2.64 bits per heavy atom. The maximum Gasteiger partial charge on any atom is 0.282 e. The van der Waals surface area contributed by atoms with E-state index in [1.165, 1.54) is 48.8 Å². The summed E-state index contributed by atoms with van der Waals surface area (Å²) in [4.78, 5) is 39.5. The highest BCUT2D eigenvalue weighted by Gasteiger charge is 2.43. The Morgan fingerprint density at radius 1 is 1.08 bits per heavy atom. The van der Waals surface area contributed by atoms with E-state index in [1.54, 1.807) is 0 Å². The summed E-state index contributed by atoms with van der Waals surface area (Å²) in [5.41, 5.74) is -0.196. The zero-order chi connectivity index (χ0) is 17.6. The number of rotatable bonds is 3. The molecule has 4 rings (SSSR count). The molecule has 132 valence electrons. The second kappa shape index (κ2) is 6.22. The summed E-state index contributed by atoms with van der Waals surface area (Å²) < 4.78 is 0. The minimum atomic E-state index is -0.592. The minimum absolute atomic E-state index is 0.0605. The van der Waals surface area contributed by atoms with Gasteiger partial charge in [-0.15, -0.1) is 0 Å². The summed E-state index contributed by atoms with van der Waals surface area (Å²) in [6.07, 6.45) is 7.06. The van der Waals surface area contributed by atoms with E-state index in [1.807, 2.05) is 0 Å². The monoisotopic (exact) mass is 343 g/mol. The van der Waals surface area contributed by atoms with Crippen LogP contribution in [-0.4, -0.2) is 45.8 Å². The molecule has 2 atom stereocenters. The molecule has 0 bridgehead atoms. The van der Waals surface area contributed by atoms with Gasteiger partial charge in [0.2, 0.25) is 0 Å². The largest absolute Gasteiger partial charge is 0.282 e. The summed E-state index contributed by atoms with van der Waals surface area (Å²) in [5.74, 6) is -0.307. The highest BCUT2D eigenvalue weighted by Crippen LogP contribution is 2.36. The maximum atomic E-state index is 12.7. The fourth-order valence-corrected chi connectivity index (χ4v) is 4.68. The van der Waals surface area contributed by atoms with Gasteiger partial charge in [-0.2, -0.15) is 0 Å². The van der Waals surface area contributed by atoms with Crippen molar-refractivity contribution in [3.05, 3.63) is 39.4 Å². The van der Waals surface area contributed by atoms with Gasteiger partial charge in [0.05, 0.1) is 17.2 Å². The lowest BCUT2D eigenvalue weighted by atomic mass is 9.78. The van der Waals surface area contributed by atoms with Gasteiger partial charge in [0, 0.05) is 18.7 Å². The molecule has 2 fully saturated rings. The van der Waals surface area contributed by atoms with Gasteiger partial charge in [-0.05, 0) is 37.7 Å². The van der Waals surface area contributed by atoms with Crippen LogP contribution in [0.25, 0.3) is 0 Å². The van der Waals surface area contributed by atoms with Crippen molar-refractivity contribution < 1.29 is 14.5 Å². The molecule has 1 saturated carbocycles. The van der Waals surface area contributed by atoms with Crippen LogP contribution in [0.5, 0.6) is 0 Å². The molecule has 2 amide bonds. The Labute approximate surface area is 145 Å². The van der Waals surface area contributed by atoms with Gasteiger partial charge in [-0.1, -0.05) is 18.9 Å². The summed E-state index contributed by atoms with van der Waals surface area (Å²) in [5, 5.41) is 11.2. The van der Waals surface area contributed by atoms with Gasteiger partial charge in [0.1, 0.15) is 5.56 Å². The first-order valence-electron chi connectivity index (χ1n) is 8.95. The van der Waals surface area contributed by atoms with Crippen LogP contribution in [0.15, 0.2) is 18.2 Å². The molecule has 0 aromatic heterocycles. The predicted molar refractivity (Wildman–Crippen MR) is 90.1 cm³/mol. The molecule has 1 aromatic carbocycles. The van der Waals surface area contributed by atoms with Gasteiger partial charge in [0.15, 0.2) is 0 Å². The van der Waals surface area contributed by atoms with E-state index in [2.05, 4.69) is 4.90 Å². The van der Waals surface area contributed by atoms with Crippen LogP contribution in [0.1, 0.15) is 59.2 Å². The molecule has 1 aromatic rings.